The molecule has 5 N–H and O–H groups in total. The summed E-state index contributed by atoms with van der Waals surface area (Å²) in [6.45, 7) is 0.477. The van der Waals surface area contributed by atoms with Crippen LogP contribution < -0.4 is 5.32 Å². The lowest BCUT2D eigenvalue weighted by Gasteiger charge is -2.40. The molecule has 2 aliphatic heterocycles. The van der Waals surface area contributed by atoms with E-state index in [1.807, 2.05) is 0 Å². The van der Waals surface area contributed by atoms with Crippen molar-refractivity contribution in [2.45, 2.75) is 43.5 Å². The van der Waals surface area contributed by atoms with Crippen molar-refractivity contribution in [3.63, 3.8) is 0 Å². The molecule has 2 rings (SSSR count). The molecule has 0 aromatic carbocycles. The summed E-state index contributed by atoms with van der Waals surface area (Å²) in [6.07, 6.45) is -5.83. The van der Waals surface area contributed by atoms with Gasteiger partial charge in [0.2, 0.25) is 5.91 Å². The zero-order valence-corrected chi connectivity index (χ0v) is 14.7. The normalized spacial score (nSPS) is 34.0. The van der Waals surface area contributed by atoms with E-state index in [1.54, 1.807) is 0 Å². The highest BCUT2D eigenvalue weighted by Gasteiger charge is 2.43. The number of carboxylic acids is 1. The first-order valence-corrected chi connectivity index (χ1v) is 8.12. The largest absolute Gasteiger partial charge is 0.494 e. The third kappa shape index (κ3) is 4.86. The smallest absolute Gasteiger partial charge is 0.379 e. The van der Waals surface area contributed by atoms with Crippen molar-refractivity contribution in [3.8, 4) is 0 Å². The number of ether oxygens (including phenoxy) is 3. The van der Waals surface area contributed by atoms with E-state index in [1.165, 1.54) is 6.92 Å². The molecule has 0 spiro atoms. The third-order valence-corrected chi connectivity index (χ3v) is 4.14. The van der Waals surface area contributed by atoms with Gasteiger partial charge in [0.05, 0.1) is 33.0 Å². The number of aliphatic carboxylic acids is 1. The molecule has 27 heavy (non-hydrogen) atoms. The van der Waals surface area contributed by atoms with Crippen LogP contribution in [-0.4, -0.2) is 95.8 Å². The Balaban J connectivity index is 2.07. The number of rotatable bonds is 7. The van der Waals surface area contributed by atoms with E-state index in [4.69, 9.17) is 24.2 Å². The molecule has 6 unspecified atom stereocenters. The van der Waals surface area contributed by atoms with Gasteiger partial charge in [-0.2, -0.15) is 4.89 Å². The molecular weight excluding hydrogens is 370 g/mol. The second-order valence-electron chi connectivity index (χ2n) is 6.02. The number of methoxy groups -OCH3 is 1. The first-order chi connectivity index (χ1) is 12.8. The van der Waals surface area contributed by atoms with E-state index < -0.39 is 54.9 Å². The van der Waals surface area contributed by atoms with Gasteiger partial charge in [-0.25, -0.2) is 4.79 Å². The summed E-state index contributed by atoms with van der Waals surface area (Å²) < 4.78 is 15.7. The lowest BCUT2D eigenvalue weighted by molar-refractivity contribution is -0.337. The predicted octanol–water partition coefficient (Wildman–Crippen LogP) is -2.74. The number of hydrogen-bond acceptors (Lipinski definition) is 10. The number of aliphatic hydroxyl groups excluding tert-OH is 3. The quantitative estimate of drug-likeness (QED) is 0.284. The Bertz CT molecular complexity index is 580. The van der Waals surface area contributed by atoms with Gasteiger partial charge in [-0.15, -0.1) is 0 Å². The molecule has 1 amide bonds. The van der Waals surface area contributed by atoms with Crippen LogP contribution in [0, 0.1) is 0 Å². The van der Waals surface area contributed by atoms with Crippen molar-refractivity contribution < 1.29 is 54.0 Å². The minimum atomic E-state index is -1.50. The number of nitrogens with one attached hydrogen (secondary N) is 1. The molecule has 12 heteroatoms. The maximum Gasteiger partial charge on any atom is 0.379 e. The van der Waals surface area contributed by atoms with Crippen LogP contribution in [0.25, 0.3) is 0 Å². The minimum Gasteiger partial charge on any atom is -0.494 e. The Morgan fingerprint density at radius 1 is 1.30 bits per heavy atom. The lowest BCUT2D eigenvalue weighted by Crippen LogP contribution is -2.61. The van der Waals surface area contributed by atoms with Gasteiger partial charge in [-0.1, -0.05) is 0 Å². The van der Waals surface area contributed by atoms with E-state index in [-0.39, 0.29) is 24.9 Å². The van der Waals surface area contributed by atoms with Gasteiger partial charge in [0, 0.05) is 6.92 Å². The van der Waals surface area contributed by atoms with Crippen LogP contribution in [0.4, 0.5) is 0 Å². The summed E-state index contributed by atoms with van der Waals surface area (Å²) in [7, 11) is 1.16. The third-order valence-electron chi connectivity index (χ3n) is 4.14. The van der Waals surface area contributed by atoms with Gasteiger partial charge >= 0.3 is 5.97 Å². The number of carbonyl (C=O) groups excluding carboxylic acids is 1. The van der Waals surface area contributed by atoms with Crippen LogP contribution in [0.15, 0.2) is 11.5 Å². The Kier molecular flexibility index (Phi) is 7.35. The van der Waals surface area contributed by atoms with Crippen LogP contribution in [0.5, 0.6) is 0 Å². The fourth-order valence-corrected chi connectivity index (χ4v) is 2.82. The highest BCUT2D eigenvalue weighted by atomic mass is 17.2. The van der Waals surface area contributed by atoms with E-state index in [0.29, 0.717) is 0 Å². The summed E-state index contributed by atoms with van der Waals surface area (Å²) in [5, 5.41) is 41.4. The van der Waals surface area contributed by atoms with Crippen LogP contribution in [0.3, 0.4) is 0 Å². The Morgan fingerprint density at radius 3 is 2.56 bits per heavy atom. The number of hydrogen-bond donors (Lipinski definition) is 5. The molecule has 0 bridgehead atoms. The number of aliphatic hydroxyl groups is 3. The van der Waals surface area contributed by atoms with Crippen molar-refractivity contribution in [2.75, 3.05) is 26.9 Å². The van der Waals surface area contributed by atoms with Gasteiger partial charge in [-0.3, -0.25) is 4.79 Å². The molecule has 0 aliphatic carbocycles. The zero-order chi connectivity index (χ0) is 20.1. The van der Waals surface area contributed by atoms with Crippen LogP contribution in [-0.2, 0) is 33.6 Å². The van der Waals surface area contributed by atoms with Crippen molar-refractivity contribution in [1.29, 1.82) is 0 Å². The van der Waals surface area contributed by atoms with Gasteiger partial charge in [0.25, 0.3) is 5.76 Å². The van der Waals surface area contributed by atoms with E-state index >= 15 is 0 Å². The van der Waals surface area contributed by atoms with Crippen molar-refractivity contribution in [3.05, 3.63) is 11.5 Å². The molecule has 1 saturated heterocycles. The van der Waals surface area contributed by atoms with E-state index in [9.17, 15) is 24.9 Å². The molecule has 12 nitrogen and oxygen atoms in total. The van der Waals surface area contributed by atoms with Crippen LogP contribution in [0.2, 0.25) is 0 Å². The molecule has 2 heterocycles. The molecule has 6 atom stereocenters. The first kappa shape index (κ1) is 21.3. The molecule has 1 fully saturated rings. The molecule has 0 radical (unpaired) electrons. The monoisotopic (exact) mass is 393 g/mol. The first-order valence-electron chi connectivity index (χ1n) is 8.12. The molecule has 154 valence electrons. The fourth-order valence-electron chi connectivity index (χ4n) is 2.82. The second kappa shape index (κ2) is 9.30. The molecule has 0 aromatic heterocycles. The summed E-state index contributed by atoms with van der Waals surface area (Å²) >= 11 is 0. The van der Waals surface area contributed by atoms with E-state index in [2.05, 4.69) is 10.2 Å². The summed E-state index contributed by atoms with van der Waals surface area (Å²) in [5.41, 5.74) is 0. The fraction of sp³-hybridized carbons (Fsp3) is 0.733. The molecule has 0 saturated carbocycles. The summed E-state index contributed by atoms with van der Waals surface area (Å²) in [4.78, 5) is 31.9. The lowest BCUT2D eigenvalue weighted by atomic mass is 9.98. The van der Waals surface area contributed by atoms with Gasteiger partial charge in [0.1, 0.15) is 24.4 Å². The predicted molar refractivity (Wildman–Crippen MR) is 83.8 cm³/mol. The standard InChI is InChI=1S/C15H23NO11/c1-6(18)16-7-4-24-8(3-17)10(19)12(7)25-5-9-11(20)13(23-2)14(15(21)22)27-26-9/h7-12,17,19-20H,3-5H2,1-2H3,(H,16,18)(H,21,22). The average molecular weight is 393 g/mol. The maximum absolute atomic E-state index is 11.3. The average Bonchev–Trinajstić information content (AvgIpc) is 2.61. The Morgan fingerprint density at radius 2 is 2.00 bits per heavy atom. The summed E-state index contributed by atoms with van der Waals surface area (Å²) in [5.74, 6) is -2.90. The van der Waals surface area contributed by atoms with Crippen LogP contribution >= 0.6 is 0 Å². The Labute approximate surface area is 154 Å². The Hall–Kier alpha value is -1.96. The van der Waals surface area contributed by atoms with Gasteiger partial charge < -0.3 is 44.8 Å². The van der Waals surface area contributed by atoms with Crippen molar-refractivity contribution in [1.82, 2.24) is 5.32 Å². The highest BCUT2D eigenvalue weighted by Crippen LogP contribution is 2.25. The molecular formula is C15H23NO11. The number of carboxylic acid groups (broad SMARTS) is 1. The topological polar surface area (TPSA) is 173 Å². The van der Waals surface area contributed by atoms with Gasteiger partial charge in [0.15, 0.2) is 11.9 Å². The number of carbonyl (C=O) groups is 2. The minimum absolute atomic E-state index is 0.0104. The highest BCUT2D eigenvalue weighted by molar-refractivity contribution is 5.85. The summed E-state index contributed by atoms with van der Waals surface area (Å²) in [6, 6.07) is -0.714. The van der Waals surface area contributed by atoms with Crippen molar-refractivity contribution in [2.24, 2.45) is 0 Å². The second-order valence-corrected chi connectivity index (χ2v) is 6.02. The SMILES string of the molecule is COC1=C(C(=O)O)OOC(COC2C(NC(C)=O)COC(CO)C2O)C1O. The van der Waals surface area contributed by atoms with Crippen LogP contribution in [0.1, 0.15) is 6.92 Å². The molecule has 2 aliphatic rings. The zero-order valence-electron chi connectivity index (χ0n) is 14.7. The molecule has 0 aromatic rings. The maximum atomic E-state index is 11.3. The van der Waals surface area contributed by atoms with E-state index in [0.717, 1.165) is 7.11 Å². The number of amides is 1. The van der Waals surface area contributed by atoms with Crippen molar-refractivity contribution >= 4 is 11.9 Å². The van der Waals surface area contributed by atoms with Gasteiger partial charge in [-0.05, 0) is 0 Å².